The van der Waals surface area contributed by atoms with E-state index in [1.54, 1.807) is 0 Å². The van der Waals surface area contributed by atoms with Crippen LogP contribution in [0.4, 0.5) is 0 Å². The smallest absolute Gasteiger partial charge is 0.206 e. The van der Waals surface area contributed by atoms with Crippen molar-refractivity contribution in [2.45, 2.75) is 70.0 Å². The second kappa shape index (κ2) is 6.19. The molecule has 0 aliphatic carbocycles. The van der Waals surface area contributed by atoms with E-state index in [9.17, 15) is 4.79 Å². The summed E-state index contributed by atoms with van der Waals surface area (Å²) in [7, 11) is 1.17. The van der Waals surface area contributed by atoms with Gasteiger partial charge in [0, 0.05) is 5.44 Å². The van der Waals surface area contributed by atoms with Crippen LogP contribution < -0.4 is 5.32 Å². The number of amides is 1. The summed E-state index contributed by atoms with van der Waals surface area (Å²) in [5.74, 6) is 0.761. The maximum atomic E-state index is 10.7. The van der Waals surface area contributed by atoms with E-state index in [0.29, 0.717) is 0 Å². The number of unbranched alkanes of at least 4 members (excludes halogenated alkanes) is 1. The molecule has 3 heteroatoms. The number of hydrogen-bond donors (Lipinski definition) is 1. The maximum Gasteiger partial charge on any atom is 0.206 e. The van der Waals surface area contributed by atoms with Crippen LogP contribution in [0.2, 0.25) is 5.82 Å². The molecule has 1 amide bonds. The van der Waals surface area contributed by atoms with Crippen LogP contribution in [0.15, 0.2) is 0 Å². The molecule has 2 nitrogen and oxygen atoms in total. The van der Waals surface area contributed by atoms with Gasteiger partial charge in [0.1, 0.15) is 0 Å². The Morgan fingerprint density at radius 3 is 3.00 bits per heavy atom. The van der Waals surface area contributed by atoms with E-state index in [-0.39, 0.29) is 5.44 Å². The van der Waals surface area contributed by atoms with Gasteiger partial charge in [0.2, 0.25) is 6.41 Å². The molecule has 1 rings (SSSR count). The Balaban J connectivity index is 2.62. The highest BCUT2D eigenvalue weighted by atomic mass is 16.1. The third-order valence-electron chi connectivity index (χ3n) is 3.72. The molecule has 0 spiro atoms. The van der Waals surface area contributed by atoms with Crippen molar-refractivity contribution in [3.05, 3.63) is 0 Å². The van der Waals surface area contributed by atoms with Crippen molar-refractivity contribution >= 4 is 13.7 Å². The van der Waals surface area contributed by atoms with E-state index in [1.165, 1.54) is 45.8 Å². The van der Waals surface area contributed by atoms with Crippen molar-refractivity contribution in [3.8, 4) is 0 Å². The van der Waals surface area contributed by atoms with Crippen molar-refractivity contribution in [1.82, 2.24) is 5.32 Å². The van der Waals surface area contributed by atoms with Crippen molar-refractivity contribution in [3.63, 3.8) is 0 Å². The van der Waals surface area contributed by atoms with Crippen LogP contribution in [0.5, 0.6) is 0 Å². The molecule has 0 saturated carbocycles. The fraction of sp³-hybridized carbons (Fsp3) is 0.917. The zero-order valence-corrected chi connectivity index (χ0v) is 10.2. The normalized spacial score (nSPS) is 31.5. The summed E-state index contributed by atoms with van der Waals surface area (Å²) < 4.78 is 0. The fourth-order valence-electron chi connectivity index (χ4n) is 2.90. The molecule has 0 aromatic rings. The third-order valence-corrected chi connectivity index (χ3v) is 3.72. The van der Waals surface area contributed by atoms with Crippen LogP contribution in [0.1, 0.15) is 58.8 Å². The lowest BCUT2D eigenvalue weighted by atomic mass is 9.48. The summed E-state index contributed by atoms with van der Waals surface area (Å²) in [4.78, 5) is 10.7. The highest BCUT2D eigenvalue weighted by Crippen LogP contribution is 2.30. The maximum absolute atomic E-state index is 10.7. The second-order valence-electron chi connectivity index (χ2n) is 5.20. The molecular weight excluding hydrogens is 185 g/mol. The summed E-state index contributed by atoms with van der Waals surface area (Å²) in [6.45, 7) is 4.53. The van der Waals surface area contributed by atoms with E-state index < -0.39 is 0 Å². The van der Waals surface area contributed by atoms with Gasteiger partial charge < -0.3 is 5.32 Å². The van der Waals surface area contributed by atoms with Gasteiger partial charge in [-0.25, -0.2) is 0 Å². The molecule has 0 radical (unpaired) electrons. The zero-order chi connectivity index (χ0) is 11.1. The average Bonchev–Trinajstić information content (AvgIpc) is 2.39. The zero-order valence-electron chi connectivity index (χ0n) is 10.2. The molecule has 0 aromatic heterocycles. The first-order chi connectivity index (χ1) is 7.22. The van der Waals surface area contributed by atoms with Crippen LogP contribution in [0.3, 0.4) is 0 Å². The second-order valence-corrected chi connectivity index (χ2v) is 5.20. The number of hydrogen-bond acceptors (Lipinski definition) is 1. The third kappa shape index (κ3) is 3.88. The first-order valence-electron chi connectivity index (χ1n) is 6.44. The van der Waals surface area contributed by atoms with Crippen LogP contribution in [-0.4, -0.2) is 19.1 Å². The van der Waals surface area contributed by atoms with E-state index in [4.69, 9.17) is 0 Å². The molecule has 1 heterocycles. The highest BCUT2D eigenvalue weighted by Gasteiger charge is 2.33. The van der Waals surface area contributed by atoms with E-state index in [0.717, 1.165) is 18.6 Å². The van der Waals surface area contributed by atoms with Gasteiger partial charge in [-0.3, -0.25) is 4.79 Å². The molecule has 1 aliphatic heterocycles. The molecule has 1 aliphatic rings. The minimum atomic E-state index is 0.119. The lowest BCUT2D eigenvalue weighted by molar-refractivity contribution is -0.110. The van der Waals surface area contributed by atoms with Gasteiger partial charge in [0.25, 0.3) is 0 Å². The number of carbonyl (C=O) groups excluding carboxylic acids is 1. The minimum absolute atomic E-state index is 0.119. The first kappa shape index (κ1) is 12.6. The van der Waals surface area contributed by atoms with E-state index in [2.05, 4.69) is 19.2 Å². The standard InChI is InChI=1S/C12H24BNO/c1-3-4-8-12(14-10-15)9-6-5-7-11(2)13-12/h10-11,13H,3-9H2,1-2H3,(H,14,15). The average molecular weight is 209 g/mol. The predicted octanol–water partition coefficient (Wildman–Crippen LogP) is 2.44. The molecule has 1 N–H and O–H groups in total. The van der Waals surface area contributed by atoms with Crippen molar-refractivity contribution in [2.24, 2.45) is 0 Å². The molecule has 1 fully saturated rings. The first-order valence-corrected chi connectivity index (χ1v) is 6.44. The number of carbonyl (C=O) groups is 1. The van der Waals surface area contributed by atoms with Gasteiger partial charge in [0.05, 0.1) is 0 Å². The molecule has 2 unspecified atom stereocenters. The lowest BCUT2D eigenvalue weighted by Gasteiger charge is -2.33. The lowest BCUT2D eigenvalue weighted by Crippen LogP contribution is -2.50. The quantitative estimate of drug-likeness (QED) is 0.546. The van der Waals surface area contributed by atoms with Crippen LogP contribution in [0.25, 0.3) is 0 Å². The van der Waals surface area contributed by atoms with Crippen LogP contribution in [0, 0.1) is 0 Å². The number of rotatable bonds is 5. The molecular formula is C12H24BNO. The summed E-state index contributed by atoms with van der Waals surface area (Å²) in [6, 6.07) is 0. The van der Waals surface area contributed by atoms with Gasteiger partial charge >= 0.3 is 0 Å². The summed E-state index contributed by atoms with van der Waals surface area (Å²) in [5, 5.41) is 3.12. The highest BCUT2D eigenvalue weighted by molar-refractivity contribution is 6.42. The molecule has 2 atom stereocenters. The summed E-state index contributed by atoms with van der Waals surface area (Å²) in [6.07, 6.45) is 9.62. The molecule has 1 saturated heterocycles. The van der Waals surface area contributed by atoms with Gasteiger partial charge in [-0.15, -0.1) is 0 Å². The van der Waals surface area contributed by atoms with Crippen LogP contribution in [-0.2, 0) is 4.79 Å². The van der Waals surface area contributed by atoms with Gasteiger partial charge in [-0.1, -0.05) is 51.8 Å². The number of nitrogens with one attached hydrogen (secondary N) is 1. The van der Waals surface area contributed by atoms with Gasteiger partial charge in [-0.2, -0.15) is 0 Å². The Morgan fingerprint density at radius 1 is 1.53 bits per heavy atom. The Bertz CT molecular complexity index is 198. The van der Waals surface area contributed by atoms with Crippen molar-refractivity contribution < 1.29 is 4.79 Å². The summed E-state index contributed by atoms with van der Waals surface area (Å²) in [5.41, 5.74) is 0.119. The van der Waals surface area contributed by atoms with Gasteiger partial charge in [-0.05, 0) is 12.8 Å². The Kier molecular flexibility index (Phi) is 5.20. The Morgan fingerprint density at radius 2 is 2.33 bits per heavy atom. The fourth-order valence-corrected chi connectivity index (χ4v) is 2.90. The topological polar surface area (TPSA) is 29.1 Å². The van der Waals surface area contributed by atoms with Crippen molar-refractivity contribution in [1.29, 1.82) is 0 Å². The predicted molar refractivity (Wildman–Crippen MR) is 66.5 cm³/mol. The monoisotopic (exact) mass is 209 g/mol. The van der Waals surface area contributed by atoms with Crippen LogP contribution >= 0.6 is 0 Å². The molecule has 86 valence electrons. The molecule has 15 heavy (non-hydrogen) atoms. The Hall–Kier alpha value is -0.465. The molecule has 0 bridgehead atoms. The summed E-state index contributed by atoms with van der Waals surface area (Å²) >= 11 is 0. The largest absolute Gasteiger partial charge is 0.361 e. The molecule has 0 aromatic carbocycles. The van der Waals surface area contributed by atoms with Crippen molar-refractivity contribution in [2.75, 3.05) is 0 Å². The van der Waals surface area contributed by atoms with E-state index >= 15 is 0 Å². The van der Waals surface area contributed by atoms with Gasteiger partial charge in [0.15, 0.2) is 7.28 Å². The Labute approximate surface area is 94.4 Å². The SMILES string of the molecule is CCCCC1(NC=O)BC(C)CCCC1. The van der Waals surface area contributed by atoms with E-state index in [1.807, 2.05) is 0 Å². The minimum Gasteiger partial charge on any atom is -0.361 e.